The third-order valence-electron chi connectivity index (χ3n) is 5.08. The molecule has 0 bridgehead atoms. The minimum atomic E-state index is -0.273. The van der Waals surface area contributed by atoms with Crippen molar-refractivity contribution in [3.63, 3.8) is 0 Å². The quantitative estimate of drug-likeness (QED) is 0.451. The predicted molar refractivity (Wildman–Crippen MR) is 130 cm³/mol. The van der Waals surface area contributed by atoms with E-state index in [-0.39, 0.29) is 11.8 Å². The van der Waals surface area contributed by atoms with Gasteiger partial charge in [0.05, 0.1) is 12.2 Å². The number of nitrogens with zero attached hydrogens (tertiary/aromatic N) is 1. The van der Waals surface area contributed by atoms with Gasteiger partial charge >= 0.3 is 0 Å². The average Bonchev–Trinajstić information content (AvgIpc) is 2.80. The van der Waals surface area contributed by atoms with E-state index in [1.54, 1.807) is 41.3 Å². The zero-order valence-electron chi connectivity index (χ0n) is 18.9. The molecule has 0 saturated carbocycles. The van der Waals surface area contributed by atoms with E-state index < -0.39 is 0 Å². The number of benzene rings is 3. The van der Waals surface area contributed by atoms with Gasteiger partial charge in [-0.05, 0) is 61.7 Å². The molecule has 0 aliphatic rings. The molecule has 3 rings (SSSR count). The molecule has 0 unspecified atom stereocenters. The second-order valence-electron chi connectivity index (χ2n) is 7.95. The Morgan fingerprint density at radius 1 is 0.938 bits per heavy atom. The number of para-hydroxylation sites is 2. The first-order chi connectivity index (χ1) is 15.5. The lowest BCUT2D eigenvalue weighted by atomic mass is 10.1. The third-order valence-corrected chi connectivity index (χ3v) is 5.08. The maximum Gasteiger partial charge on any atom is 0.259 e. The first-order valence-corrected chi connectivity index (χ1v) is 11.0. The summed E-state index contributed by atoms with van der Waals surface area (Å²) in [6, 6.07) is 23.7. The van der Waals surface area contributed by atoms with Gasteiger partial charge in [-0.25, -0.2) is 0 Å². The molecular weight excluding hydrogens is 400 g/mol. The molecule has 3 aromatic carbocycles. The van der Waals surface area contributed by atoms with Gasteiger partial charge in [0.15, 0.2) is 0 Å². The lowest BCUT2D eigenvalue weighted by Crippen LogP contribution is -2.30. The lowest BCUT2D eigenvalue weighted by Gasteiger charge is -2.21. The summed E-state index contributed by atoms with van der Waals surface area (Å²) in [5, 5.41) is 2.90. The van der Waals surface area contributed by atoms with Gasteiger partial charge in [0.2, 0.25) is 0 Å². The summed E-state index contributed by atoms with van der Waals surface area (Å²) in [5.41, 5.74) is 2.37. The predicted octanol–water partition coefficient (Wildman–Crippen LogP) is 6.03. The Morgan fingerprint density at radius 3 is 2.38 bits per heavy atom. The first-order valence-electron chi connectivity index (χ1n) is 11.0. The Morgan fingerprint density at radius 2 is 1.66 bits per heavy atom. The topological polar surface area (TPSA) is 58.6 Å². The van der Waals surface area contributed by atoms with Crippen LogP contribution in [0.4, 0.5) is 11.4 Å². The Bertz CT molecular complexity index is 1050. The molecule has 0 spiro atoms. The van der Waals surface area contributed by atoms with Crippen LogP contribution in [0.2, 0.25) is 0 Å². The highest BCUT2D eigenvalue weighted by molar-refractivity contribution is 6.09. The van der Waals surface area contributed by atoms with Crippen molar-refractivity contribution < 1.29 is 14.3 Å². The van der Waals surface area contributed by atoms with Crippen molar-refractivity contribution in [2.45, 2.75) is 27.2 Å². The van der Waals surface area contributed by atoms with Crippen molar-refractivity contribution in [2.75, 3.05) is 23.4 Å². The summed E-state index contributed by atoms with van der Waals surface area (Å²) in [4.78, 5) is 27.8. The fourth-order valence-electron chi connectivity index (χ4n) is 3.32. The molecule has 32 heavy (non-hydrogen) atoms. The zero-order valence-corrected chi connectivity index (χ0v) is 18.9. The minimum Gasteiger partial charge on any atom is -0.493 e. The van der Waals surface area contributed by atoms with Crippen LogP contribution in [-0.4, -0.2) is 25.0 Å². The number of ether oxygens (including phenoxy) is 1. The van der Waals surface area contributed by atoms with Gasteiger partial charge in [-0.15, -0.1) is 0 Å². The van der Waals surface area contributed by atoms with E-state index in [1.165, 1.54) is 0 Å². The van der Waals surface area contributed by atoms with E-state index in [4.69, 9.17) is 4.74 Å². The van der Waals surface area contributed by atoms with Gasteiger partial charge < -0.3 is 15.0 Å². The number of rotatable bonds is 9. The number of carbonyl (C=O) groups is 2. The maximum atomic E-state index is 13.1. The van der Waals surface area contributed by atoms with Gasteiger partial charge in [-0.3, -0.25) is 9.59 Å². The highest BCUT2D eigenvalue weighted by Crippen LogP contribution is 2.22. The van der Waals surface area contributed by atoms with Crippen molar-refractivity contribution in [3.8, 4) is 5.75 Å². The van der Waals surface area contributed by atoms with Crippen molar-refractivity contribution >= 4 is 23.2 Å². The fourth-order valence-corrected chi connectivity index (χ4v) is 3.32. The van der Waals surface area contributed by atoms with E-state index in [0.29, 0.717) is 41.6 Å². The molecule has 0 atom stereocenters. The zero-order chi connectivity index (χ0) is 22.9. The Kier molecular flexibility index (Phi) is 8.03. The molecule has 0 heterocycles. The standard InChI is InChI=1S/C27H30N2O3/c1-4-29(23-13-6-5-7-14-23)27(31)21-11-10-12-22(19-21)28-26(30)24-15-8-9-16-25(24)32-18-17-20(2)3/h5-16,19-20H,4,17-18H2,1-3H3,(H,28,30). The molecular formula is C27H30N2O3. The van der Waals surface area contributed by atoms with E-state index in [2.05, 4.69) is 19.2 Å². The summed E-state index contributed by atoms with van der Waals surface area (Å²) in [5.74, 6) is 0.686. The molecule has 1 N–H and O–H groups in total. The molecule has 0 fully saturated rings. The number of carbonyl (C=O) groups excluding carboxylic acids is 2. The third kappa shape index (κ3) is 5.97. The van der Waals surface area contributed by atoms with Crippen molar-refractivity contribution in [1.82, 2.24) is 0 Å². The van der Waals surface area contributed by atoms with Gasteiger partial charge in [0, 0.05) is 23.5 Å². The highest BCUT2D eigenvalue weighted by Gasteiger charge is 2.17. The largest absolute Gasteiger partial charge is 0.493 e. The van der Waals surface area contributed by atoms with Crippen LogP contribution < -0.4 is 15.0 Å². The molecule has 5 nitrogen and oxygen atoms in total. The minimum absolute atomic E-state index is 0.118. The fraction of sp³-hybridized carbons (Fsp3) is 0.259. The summed E-state index contributed by atoms with van der Waals surface area (Å²) in [7, 11) is 0. The summed E-state index contributed by atoms with van der Waals surface area (Å²) < 4.78 is 5.84. The SMILES string of the molecule is CCN(C(=O)c1cccc(NC(=O)c2ccccc2OCCC(C)C)c1)c1ccccc1. The summed E-state index contributed by atoms with van der Waals surface area (Å²) >= 11 is 0. The molecule has 5 heteroatoms. The van der Waals surface area contributed by atoms with Crippen LogP contribution in [0.1, 0.15) is 47.9 Å². The van der Waals surface area contributed by atoms with Gasteiger partial charge in [-0.1, -0.05) is 50.2 Å². The highest BCUT2D eigenvalue weighted by atomic mass is 16.5. The van der Waals surface area contributed by atoms with Crippen molar-refractivity contribution in [3.05, 3.63) is 90.0 Å². The maximum absolute atomic E-state index is 13.1. The van der Waals surface area contributed by atoms with Crippen molar-refractivity contribution in [2.24, 2.45) is 5.92 Å². The summed E-state index contributed by atoms with van der Waals surface area (Å²) in [6.45, 7) is 7.30. The number of hydrogen-bond acceptors (Lipinski definition) is 3. The number of amides is 2. The molecule has 0 aliphatic heterocycles. The van der Waals surface area contributed by atoms with E-state index in [9.17, 15) is 9.59 Å². The van der Waals surface area contributed by atoms with Crippen LogP contribution in [0.15, 0.2) is 78.9 Å². The van der Waals surface area contributed by atoms with Crippen molar-refractivity contribution in [1.29, 1.82) is 0 Å². The van der Waals surface area contributed by atoms with E-state index >= 15 is 0 Å². The van der Waals surface area contributed by atoms with Crippen LogP contribution in [0, 0.1) is 5.92 Å². The normalized spacial score (nSPS) is 10.6. The molecule has 0 aliphatic carbocycles. The number of hydrogen-bond donors (Lipinski definition) is 1. The lowest BCUT2D eigenvalue weighted by molar-refractivity contribution is 0.0985. The molecule has 2 amide bonds. The van der Waals surface area contributed by atoms with Gasteiger partial charge in [-0.2, -0.15) is 0 Å². The molecule has 0 aromatic heterocycles. The second kappa shape index (κ2) is 11.1. The van der Waals surface area contributed by atoms with Crippen LogP contribution >= 0.6 is 0 Å². The smallest absolute Gasteiger partial charge is 0.259 e. The first kappa shape index (κ1) is 23.1. The van der Waals surface area contributed by atoms with Crippen LogP contribution in [0.5, 0.6) is 5.75 Å². The Labute approximate surface area is 190 Å². The van der Waals surface area contributed by atoms with E-state index in [1.807, 2.05) is 49.4 Å². The monoisotopic (exact) mass is 430 g/mol. The molecule has 0 radical (unpaired) electrons. The number of nitrogens with one attached hydrogen (secondary N) is 1. The van der Waals surface area contributed by atoms with Gasteiger partial charge in [0.1, 0.15) is 5.75 Å². The Hall–Kier alpha value is -3.60. The van der Waals surface area contributed by atoms with E-state index in [0.717, 1.165) is 12.1 Å². The van der Waals surface area contributed by atoms with Gasteiger partial charge in [0.25, 0.3) is 11.8 Å². The average molecular weight is 431 g/mol. The molecule has 0 saturated heterocycles. The van der Waals surface area contributed by atoms with Crippen LogP contribution in [0.3, 0.4) is 0 Å². The number of anilines is 2. The molecule has 166 valence electrons. The Balaban J connectivity index is 1.75. The molecule has 3 aromatic rings. The second-order valence-corrected chi connectivity index (χ2v) is 7.95. The summed E-state index contributed by atoms with van der Waals surface area (Å²) in [6.07, 6.45) is 0.912. The van der Waals surface area contributed by atoms with Crippen LogP contribution in [0.25, 0.3) is 0 Å². The van der Waals surface area contributed by atoms with Crippen LogP contribution in [-0.2, 0) is 0 Å².